The van der Waals surface area contributed by atoms with Crippen molar-refractivity contribution in [2.24, 2.45) is 17.1 Å². The molecule has 114 valence electrons. The van der Waals surface area contributed by atoms with Gasteiger partial charge in [0, 0.05) is 18.0 Å². The van der Waals surface area contributed by atoms with Crippen LogP contribution in [0.3, 0.4) is 0 Å². The van der Waals surface area contributed by atoms with Crippen molar-refractivity contribution >= 4 is 22.7 Å². The van der Waals surface area contributed by atoms with Crippen LogP contribution < -0.4 is 5.73 Å². The van der Waals surface area contributed by atoms with Crippen LogP contribution in [0, 0.1) is 11.3 Å². The standard InChI is InChI=1S/C15H18N6O/c1-15(2)6-8(12(16)22)5-9(15)14-20-19-11-7-18-13-10(21(11)14)3-4-17-13/h3-4,7-9,17H,5-6H2,1-2H3,(H2,16,22)/t8-,9+/m0/s1. The molecule has 1 amide bonds. The zero-order chi connectivity index (χ0) is 15.5. The Morgan fingerprint density at radius 2 is 2.27 bits per heavy atom. The summed E-state index contributed by atoms with van der Waals surface area (Å²) in [5, 5.41) is 8.65. The second-order valence-electron chi connectivity index (χ2n) is 6.80. The molecule has 3 N–H and O–H groups in total. The molecule has 1 aliphatic rings. The fraction of sp³-hybridized carbons (Fsp3) is 0.467. The van der Waals surface area contributed by atoms with E-state index in [1.807, 2.05) is 16.7 Å². The summed E-state index contributed by atoms with van der Waals surface area (Å²) < 4.78 is 2.04. The number of primary amides is 1. The quantitative estimate of drug-likeness (QED) is 0.750. The highest BCUT2D eigenvalue weighted by Crippen LogP contribution is 2.51. The second kappa shape index (κ2) is 4.28. The minimum atomic E-state index is -0.224. The Labute approximate surface area is 126 Å². The first kappa shape index (κ1) is 13.2. The molecule has 7 heteroatoms. The third-order valence-electron chi connectivity index (χ3n) is 4.92. The van der Waals surface area contributed by atoms with Crippen LogP contribution in [0.2, 0.25) is 0 Å². The number of aromatic nitrogens is 5. The molecule has 1 aliphatic carbocycles. The Balaban J connectivity index is 1.90. The van der Waals surface area contributed by atoms with E-state index >= 15 is 0 Å². The van der Waals surface area contributed by atoms with E-state index in [-0.39, 0.29) is 23.2 Å². The molecule has 0 bridgehead atoms. The first-order chi connectivity index (χ1) is 10.5. The zero-order valence-electron chi connectivity index (χ0n) is 12.6. The van der Waals surface area contributed by atoms with Gasteiger partial charge in [0.15, 0.2) is 11.3 Å². The molecule has 0 unspecified atom stereocenters. The van der Waals surface area contributed by atoms with Crippen LogP contribution in [0.25, 0.3) is 16.8 Å². The van der Waals surface area contributed by atoms with Crippen LogP contribution in [0.1, 0.15) is 38.4 Å². The molecule has 3 aromatic rings. The summed E-state index contributed by atoms with van der Waals surface area (Å²) in [5.74, 6) is 0.699. The number of nitrogens with zero attached hydrogens (tertiary/aromatic N) is 4. The minimum Gasteiger partial charge on any atom is -0.369 e. The second-order valence-corrected chi connectivity index (χ2v) is 6.80. The predicted molar refractivity (Wildman–Crippen MR) is 81.1 cm³/mol. The molecule has 3 aromatic heterocycles. The number of carbonyl (C=O) groups excluding carboxylic acids is 1. The number of nitrogens with one attached hydrogen (secondary N) is 1. The smallest absolute Gasteiger partial charge is 0.220 e. The van der Waals surface area contributed by atoms with Gasteiger partial charge < -0.3 is 10.7 Å². The minimum absolute atomic E-state index is 0.0471. The van der Waals surface area contributed by atoms with E-state index in [4.69, 9.17) is 5.73 Å². The summed E-state index contributed by atoms with van der Waals surface area (Å²) in [7, 11) is 0. The maximum Gasteiger partial charge on any atom is 0.220 e. The fourth-order valence-corrected chi connectivity index (χ4v) is 3.76. The monoisotopic (exact) mass is 298 g/mol. The SMILES string of the molecule is CC1(C)C[C@@H](C(N)=O)C[C@@H]1c1nnc2cnc3[nH]ccc3n12. The highest BCUT2D eigenvalue weighted by Gasteiger charge is 2.45. The molecule has 4 rings (SSSR count). The van der Waals surface area contributed by atoms with Crippen LogP contribution in [0.5, 0.6) is 0 Å². The molecular formula is C15H18N6O. The van der Waals surface area contributed by atoms with E-state index in [0.717, 1.165) is 35.5 Å². The van der Waals surface area contributed by atoms with Crippen molar-refractivity contribution in [3.05, 3.63) is 24.3 Å². The Morgan fingerprint density at radius 1 is 1.45 bits per heavy atom. The summed E-state index contributed by atoms with van der Waals surface area (Å²) in [4.78, 5) is 19.0. The van der Waals surface area contributed by atoms with Crippen molar-refractivity contribution in [3.8, 4) is 0 Å². The predicted octanol–water partition coefficient (Wildman–Crippen LogP) is 1.61. The topological polar surface area (TPSA) is 102 Å². The van der Waals surface area contributed by atoms with Crippen LogP contribution >= 0.6 is 0 Å². The number of nitrogens with two attached hydrogens (primary N) is 1. The highest BCUT2D eigenvalue weighted by atomic mass is 16.1. The molecule has 2 atom stereocenters. The number of fused-ring (bicyclic) bond motifs is 3. The van der Waals surface area contributed by atoms with E-state index in [9.17, 15) is 4.79 Å². The molecule has 0 saturated heterocycles. The van der Waals surface area contributed by atoms with E-state index in [1.54, 1.807) is 6.20 Å². The van der Waals surface area contributed by atoms with Crippen molar-refractivity contribution < 1.29 is 4.79 Å². The van der Waals surface area contributed by atoms with Crippen molar-refractivity contribution in [3.63, 3.8) is 0 Å². The zero-order valence-corrected chi connectivity index (χ0v) is 12.6. The molecule has 0 spiro atoms. The highest BCUT2D eigenvalue weighted by molar-refractivity contribution is 5.77. The van der Waals surface area contributed by atoms with Crippen LogP contribution in [-0.2, 0) is 4.79 Å². The Bertz CT molecular complexity index is 877. The van der Waals surface area contributed by atoms with E-state index < -0.39 is 0 Å². The molecule has 3 heterocycles. The van der Waals surface area contributed by atoms with Crippen molar-refractivity contribution in [1.29, 1.82) is 0 Å². The van der Waals surface area contributed by atoms with E-state index in [0.29, 0.717) is 0 Å². The van der Waals surface area contributed by atoms with Crippen molar-refractivity contribution in [1.82, 2.24) is 24.6 Å². The fourth-order valence-electron chi connectivity index (χ4n) is 3.76. The van der Waals surface area contributed by atoms with Crippen LogP contribution in [0.4, 0.5) is 0 Å². The number of amides is 1. The Kier molecular flexibility index (Phi) is 2.58. The third-order valence-corrected chi connectivity index (χ3v) is 4.92. The number of hydrogen-bond acceptors (Lipinski definition) is 4. The van der Waals surface area contributed by atoms with Gasteiger partial charge in [0.2, 0.25) is 5.91 Å². The van der Waals surface area contributed by atoms with Crippen molar-refractivity contribution in [2.75, 3.05) is 0 Å². The summed E-state index contributed by atoms with van der Waals surface area (Å²) in [6, 6.07) is 1.97. The average Bonchev–Trinajstić information content (AvgIpc) is 3.12. The third kappa shape index (κ3) is 1.74. The summed E-state index contributed by atoms with van der Waals surface area (Å²) in [5.41, 5.74) is 7.96. The molecule has 0 aliphatic heterocycles. The lowest BCUT2D eigenvalue weighted by Gasteiger charge is -2.25. The Morgan fingerprint density at radius 3 is 3.00 bits per heavy atom. The van der Waals surface area contributed by atoms with Gasteiger partial charge in [0.1, 0.15) is 5.82 Å². The average molecular weight is 298 g/mol. The molecule has 1 fully saturated rings. The van der Waals surface area contributed by atoms with Gasteiger partial charge in [0.05, 0.1) is 11.7 Å². The van der Waals surface area contributed by atoms with Crippen molar-refractivity contribution in [2.45, 2.75) is 32.6 Å². The molecular weight excluding hydrogens is 280 g/mol. The Hall–Kier alpha value is -2.44. The normalized spacial score (nSPS) is 24.3. The summed E-state index contributed by atoms with van der Waals surface area (Å²) in [6.07, 6.45) is 5.07. The van der Waals surface area contributed by atoms with Gasteiger partial charge in [-0.2, -0.15) is 0 Å². The number of rotatable bonds is 2. The molecule has 22 heavy (non-hydrogen) atoms. The number of carbonyl (C=O) groups is 1. The van der Waals surface area contributed by atoms with E-state index in [1.165, 1.54) is 0 Å². The van der Waals surface area contributed by atoms with Gasteiger partial charge in [-0.1, -0.05) is 13.8 Å². The lowest BCUT2D eigenvalue weighted by molar-refractivity contribution is -0.121. The number of H-pyrrole nitrogens is 1. The molecule has 0 aromatic carbocycles. The van der Waals surface area contributed by atoms with Gasteiger partial charge >= 0.3 is 0 Å². The van der Waals surface area contributed by atoms with Gasteiger partial charge in [0.25, 0.3) is 0 Å². The maximum absolute atomic E-state index is 11.6. The summed E-state index contributed by atoms with van der Waals surface area (Å²) in [6.45, 7) is 4.33. The lowest BCUT2D eigenvalue weighted by atomic mass is 9.81. The van der Waals surface area contributed by atoms with Gasteiger partial charge in [-0.3, -0.25) is 9.20 Å². The molecule has 7 nitrogen and oxygen atoms in total. The first-order valence-corrected chi connectivity index (χ1v) is 7.44. The largest absolute Gasteiger partial charge is 0.369 e. The van der Waals surface area contributed by atoms with Gasteiger partial charge in [-0.05, 0) is 24.3 Å². The maximum atomic E-state index is 11.6. The van der Waals surface area contributed by atoms with Gasteiger partial charge in [-0.25, -0.2) is 4.98 Å². The number of aromatic amines is 1. The summed E-state index contributed by atoms with van der Waals surface area (Å²) >= 11 is 0. The van der Waals surface area contributed by atoms with Gasteiger partial charge in [-0.15, -0.1) is 10.2 Å². The molecule has 1 saturated carbocycles. The molecule has 0 radical (unpaired) electrons. The van der Waals surface area contributed by atoms with Crippen LogP contribution in [0.15, 0.2) is 18.5 Å². The van der Waals surface area contributed by atoms with Crippen LogP contribution in [-0.4, -0.2) is 30.5 Å². The lowest BCUT2D eigenvalue weighted by Crippen LogP contribution is -2.21. The van der Waals surface area contributed by atoms with E-state index in [2.05, 4.69) is 34.0 Å². The number of hydrogen-bond donors (Lipinski definition) is 2. The first-order valence-electron chi connectivity index (χ1n) is 7.44.